The molecule has 19 heavy (non-hydrogen) atoms. The van der Waals surface area contributed by atoms with Crippen molar-refractivity contribution in [3.8, 4) is 5.75 Å². The standard InChI is InChI=1S/C15H15Cl2NO/c1-10(7-11-5-3-2-4-6-11)18-12-8-13(16)15(19)14(17)9-12/h2-6,8-10,18-19H,7H2,1H3. The second kappa shape index (κ2) is 6.18. The van der Waals surface area contributed by atoms with Crippen molar-refractivity contribution in [1.29, 1.82) is 0 Å². The number of phenols is 1. The first-order valence-corrected chi connectivity index (χ1v) is 6.80. The summed E-state index contributed by atoms with van der Waals surface area (Å²) in [6.07, 6.45) is 0.900. The summed E-state index contributed by atoms with van der Waals surface area (Å²) in [4.78, 5) is 0. The fourth-order valence-electron chi connectivity index (χ4n) is 1.95. The zero-order valence-corrected chi connectivity index (χ0v) is 12.0. The molecular formula is C15H15Cl2NO. The van der Waals surface area contributed by atoms with E-state index >= 15 is 0 Å². The van der Waals surface area contributed by atoms with Crippen molar-refractivity contribution < 1.29 is 5.11 Å². The average molecular weight is 296 g/mol. The van der Waals surface area contributed by atoms with Gasteiger partial charge in [-0.05, 0) is 31.0 Å². The maximum Gasteiger partial charge on any atom is 0.152 e. The SMILES string of the molecule is CC(Cc1ccccc1)Nc1cc(Cl)c(O)c(Cl)c1. The molecule has 0 radical (unpaired) electrons. The minimum Gasteiger partial charge on any atom is -0.505 e. The molecule has 2 aromatic rings. The molecule has 2 N–H and O–H groups in total. The van der Waals surface area contributed by atoms with Crippen LogP contribution in [0.3, 0.4) is 0 Å². The van der Waals surface area contributed by atoms with Gasteiger partial charge in [0.05, 0.1) is 10.0 Å². The third-order valence-corrected chi connectivity index (χ3v) is 3.39. The predicted octanol–water partition coefficient (Wildman–Crippen LogP) is 4.74. The molecular weight excluding hydrogens is 281 g/mol. The fraction of sp³-hybridized carbons (Fsp3) is 0.200. The molecule has 2 rings (SSSR count). The smallest absolute Gasteiger partial charge is 0.152 e. The number of halogens is 2. The lowest BCUT2D eigenvalue weighted by atomic mass is 10.1. The van der Waals surface area contributed by atoms with Gasteiger partial charge in [-0.25, -0.2) is 0 Å². The van der Waals surface area contributed by atoms with E-state index in [1.807, 2.05) is 18.2 Å². The molecule has 0 aliphatic carbocycles. The van der Waals surface area contributed by atoms with Crippen molar-refractivity contribution in [2.45, 2.75) is 19.4 Å². The van der Waals surface area contributed by atoms with E-state index in [0.29, 0.717) is 0 Å². The van der Waals surface area contributed by atoms with Crippen LogP contribution in [0.5, 0.6) is 5.75 Å². The maximum atomic E-state index is 9.51. The Bertz CT molecular complexity index is 534. The Balaban J connectivity index is 2.05. The van der Waals surface area contributed by atoms with Gasteiger partial charge in [0.15, 0.2) is 5.75 Å². The van der Waals surface area contributed by atoms with Crippen molar-refractivity contribution in [2.24, 2.45) is 0 Å². The number of aromatic hydroxyl groups is 1. The largest absolute Gasteiger partial charge is 0.505 e. The molecule has 2 aromatic carbocycles. The molecule has 0 amide bonds. The molecule has 0 aliphatic rings. The van der Waals surface area contributed by atoms with E-state index in [2.05, 4.69) is 24.4 Å². The second-order valence-electron chi connectivity index (χ2n) is 4.52. The molecule has 1 unspecified atom stereocenters. The van der Waals surface area contributed by atoms with Crippen molar-refractivity contribution >= 4 is 28.9 Å². The van der Waals surface area contributed by atoms with Crippen LogP contribution in [0.2, 0.25) is 10.0 Å². The Morgan fingerprint density at radius 3 is 2.26 bits per heavy atom. The molecule has 0 aromatic heterocycles. The van der Waals surface area contributed by atoms with Crippen molar-refractivity contribution in [1.82, 2.24) is 0 Å². The minimum atomic E-state index is -0.0791. The summed E-state index contributed by atoms with van der Waals surface area (Å²) < 4.78 is 0. The van der Waals surface area contributed by atoms with E-state index in [0.717, 1.165) is 12.1 Å². The Hall–Kier alpha value is -1.38. The van der Waals surface area contributed by atoms with Crippen LogP contribution < -0.4 is 5.32 Å². The van der Waals surface area contributed by atoms with Crippen LogP contribution in [-0.2, 0) is 6.42 Å². The molecule has 0 saturated carbocycles. The summed E-state index contributed by atoms with van der Waals surface area (Å²) in [6, 6.07) is 13.8. The van der Waals surface area contributed by atoms with Gasteiger partial charge in [-0.2, -0.15) is 0 Å². The highest BCUT2D eigenvalue weighted by Crippen LogP contribution is 2.34. The van der Waals surface area contributed by atoms with Crippen LogP contribution in [0, 0.1) is 0 Å². The monoisotopic (exact) mass is 295 g/mol. The van der Waals surface area contributed by atoms with Gasteiger partial charge in [0.25, 0.3) is 0 Å². The van der Waals surface area contributed by atoms with Gasteiger partial charge in [0, 0.05) is 11.7 Å². The summed E-state index contributed by atoms with van der Waals surface area (Å²) in [5, 5.41) is 13.3. The van der Waals surface area contributed by atoms with Gasteiger partial charge >= 0.3 is 0 Å². The van der Waals surface area contributed by atoms with Crippen LogP contribution in [0.25, 0.3) is 0 Å². The van der Waals surface area contributed by atoms with E-state index < -0.39 is 0 Å². The van der Waals surface area contributed by atoms with Gasteiger partial charge in [-0.1, -0.05) is 53.5 Å². The maximum absolute atomic E-state index is 9.51. The highest BCUT2D eigenvalue weighted by atomic mass is 35.5. The molecule has 0 spiro atoms. The van der Waals surface area contributed by atoms with Crippen LogP contribution in [0.15, 0.2) is 42.5 Å². The lowest BCUT2D eigenvalue weighted by Gasteiger charge is -2.16. The zero-order valence-electron chi connectivity index (χ0n) is 10.5. The number of nitrogens with one attached hydrogen (secondary N) is 1. The third kappa shape index (κ3) is 3.79. The number of hydrogen-bond donors (Lipinski definition) is 2. The van der Waals surface area contributed by atoms with Gasteiger partial charge in [-0.15, -0.1) is 0 Å². The number of anilines is 1. The van der Waals surface area contributed by atoms with E-state index in [-0.39, 0.29) is 21.8 Å². The molecule has 0 bridgehead atoms. The normalized spacial score (nSPS) is 12.2. The number of hydrogen-bond acceptors (Lipinski definition) is 2. The molecule has 4 heteroatoms. The molecule has 0 fully saturated rings. The lowest BCUT2D eigenvalue weighted by molar-refractivity contribution is 0.476. The van der Waals surface area contributed by atoms with E-state index in [4.69, 9.17) is 23.2 Å². The lowest BCUT2D eigenvalue weighted by Crippen LogP contribution is -2.17. The molecule has 0 saturated heterocycles. The molecule has 2 nitrogen and oxygen atoms in total. The quantitative estimate of drug-likeness (QED) is 0.799. The Kier molecular flexibility index (Phi) is 4.56. The molecule has 100 valence electrons. The first-order valence-electron chi connectivity index (χ1n) is 6.04. The van der Waals surface area contributed by atoms with E-state index in [1.165, 1.54) is 5.56 Å². The van der Waals surface area contributed by atoms with E-state index in [9.17, 15) is 5.11 Å². The Labute approximate surface area is 123 Å². The van der Waals surface area contributed by atoms with Crippen LogP contribution in [0.1, 0.15) is 12.5 Å². The van der Waals surface area contributed by atoms with Crippen molar-refractivity contribution in [3.05, 3.63) is 58.1 Å². The third-order valence-electron chi connectivity index (χ3n) is 2.81. The van der Waals surface area contributed by atoms with Crippen molar-refractivity contribution in [3.63, 3.8) is 0 Å². The molecule has 0 aliphatic heterocycles. The van der Waals surface area contributed by atoms with E-state index in [1.54, 1.807) is 12.1 Å². The predicted molar refractivity (Wildman–Crippen MR) is 81.4 cm³/mol. The fourth-order valence-corrected chi connectivity index (χ4v) is 2.44. The first kappa shape index (κ1) is 14.0. The first-order chi connectivity index (χ1) is 9.06. The van der Waals surface area contributed by atoms with Crippen LogP contribution in [-0.4, -0.2) is 11.1 Å². The number of rotatable bonds is 4. The van der Waals surface area contributed by atoms with Crippen molar-refractivity contribution in [2.75, 3.05) is 5.32 Å². The Morgan fingerprint density at radius 2 is 1.68 bits per heavy atom. The topological polar surface area (TPSA) is 32.3 Å². The highest BCUT2D eigenvalue weighted by molar-refractivity contribution is 6.37. The number of phenolic OH excluding ortho intramolecular Hbond substituents is 1. The second-order valence-corrected chi connectivity index (χ2v) is 5.34. The zero-order chi connectivity index (χ0) is 13.8. The minimum absolute atomic E-state index is 0.0791. The van der Waals surface area contributed by atoms with Gasteiger partial charge in [0.2, 0.25) is 0 Å². The summed E-state index contributed by atoms with van der Waals surface area (Å²) >= 11 is 11.8. The molecule has 0 heterocycles. The summed E-state index contributed by atoms with van der Waals surface area (Å²) in [7, 11) is 0. The summed E-state index contributed by atoms with van der Waals surface area (Å²) in [5.74, 6) is -0.0791. The summed E-state index contributed by atoms with van der Waals surface area (Å²) in [5.41, 5.74) is 2.06. The number of benzene rings is 2. The Morgan fingerprint density at radius 1 is 1.11 bits per heavy atom. The highest BCUT2D eigenvalue weighted by Gasteiger charge is 2.09. The van der Waals surface area contributed by atoms with Crippen LogP contribution >= 0.6 is 23.2 Å². The van der Waals surface area contributed by atoms with Gasteiger partial charge < -0.3 is 10.4 Å². The summed E-state index contributed by atoms with van der Waals surface area (Å²) in [6.45, 7) is 2.08. The molecule has 1 atom stereocenters. The van der Waals surface area contributed by atoms with Gasteiger partial charge in [0.1, 0.15) is 0 Å². The van der Waals surface area contributed by atoms with Crippen LogP contribution in [0.4, 0.5) is 5.69 Å². The average Bonchev–Trinajstić information content (AvgIpc) is 2.37. The van der Waals surface area contributed by atoms with Gasteiger partial charge in [-0.3, -0.25) is 0 Å².